The fourth-order valence-corrected chi connectivity index (χ4v) is 2.22. The van der Waals surface area contributed by atoms with Gasteiger partial charge in [-0.05, 0) is 31.0 Å². The van der Waals surface area contributed by atoms with Crippen LogP contribution < -0.4 is 5.32 Å². The van der Waals surface area contributed by atoms with E-state index in [1.807, 2.05) is 38.1 Å². The number of amides is 1. The SMILES string of the molecule is CCC(NC(=O)c1cccnc1Cl)c1ccc(C)cc1. The number of carbonyl (C=O) groups excluding carboxylic acids is 1. The van der Waals surface area contributed by atoms with Crippen LogP contribution in [0.5, 0.6) is 0 Å². The summed E-state index contributed by atoms with van der Waals surface area (Å²) in [6.45, 7) is 4.08. The van der Waals surface area contributed by atoms with Gasteiger partial charge in [0.05, 0.1) is 11.6 Å². The number of rotatable bonds is 4. The first-order chi connectivity index (χ1) is 9.61. The zero-order chi connectivity index (χ0) is 14.5. The molecule has 1 atom stereocenters. The van der Waals surface area contributed by atoms with E-state index in [2.05, 4.69) is 10.3 Å². The molecule has 1 amide bonds. The predicted octanol–water partition coefficient (Wildman–Crippen LogP) is 3.92. The highest BCUT2D eigenvalue weighted by Crippen LogP contribution is 2.19. The number of hydrogen-bond acceptors (Lipinski definition) is 2. The van der Waals surface area contributed by atoms with Crippen molar-refractivity contribution in [2.45, 2.75) is 26.3 Å². The van der Waals surface area contributed by atoms with E-state index in [1.165, 1.54) is 5.56 Å². The van der Waals surface area contributed by atoms with Crippen molar-refractivity contribution in [3.05, 3.63) is 64.4 Å². The average Bonchev–Trinajstić information content (AvgIpc) is 2.46. The van der Waals surface area contributed by atoms with Crippen molar-refractivity contribution in [3.8, 4) is 0 Å². The Kier molecular flexibility index (Phi) is 4.74. The van der Waals surface area contributed by atoms with Crippen molar-refractivity contribution in [1.29, 1.82) is 0 Å². The predicted molar refractivity (Wildman–Crippen MR) is 80.9 cm³/mol. The normalized spacial score (nSPS) is 11.9. The minimum Gasteiger partial charge on any atom is -0.345 e. The monoisotopic (exact) mass is 288 g/mol. The van der Waals surface area contributed by atoms with Gasteiger partial charge in [-0.3, -0.25) is 4.79 Å². The molecule has 0 aliphatic heterocycles. The van der Waals surface area contributed by atoms with Crippen LogP contribution in [0.1, 0.15) is 40.9 Å². The summed E-state index contributed by atoms with van der Waals surface area (Å²) in [6, 6.07) is 11.5. The minimum absolute atomic E-state index is 0.0284. The van der Waals surface area contributed by atoms with Gasteiger partial charge in [-0.15, -0.1) is 0 Å². The van der Waals surface area contributed by atoms with Gasteiger partial charge in [-0.2, -0.15) is 0 Å². The van der Waals surface area contributed by atoms with Crippen LogP contribution in [0.25, 0.3) is 0 Å². The van der Waals surface area contributed by atoms with Crippen molar-refractivity contribution >= 4 is 17.5 Å². The molecule has 2 rings (SSSR count). The molecule has 1 unspecified atom stereocenters. The number of nitrogens with one attached hydrogen (secondary N) is 1. The summed E-state index contributed by atoms with van der Waals surface area (Å²) in [5, 5.41) is 3.22. The van der Waals surface area contributed by atoms with Gasteiger partial charge >= 0.3 is 0 Å². The van der Waals surface area contributed by atoms with E-state index in [0.29, 0.717) is 5.56 Å². The van der Waals surface area contributed by atoms with Crippen LogP contribution in [0.4, 0.5) is 0 Å². The first kappa shape index (κ1) is 14.5. The Morgan fingerprint density at radius 3 is 2.60 bits per heavy atom. The Bertz CT molecular complexity index is 596. The van der Waals surface area contributed by atoms with Gasteiger partial charge in [0.15, 0.2) is 0 Å². The molecule has 0 fully saturated rings. The zero-order valence-corrected chi connectivity index (χ0v) is 12.3. The summed E-state index contributed by atoms with van der Waals surface area (Å²) in [7, 11) is 0. The molecule has 2 aromatic rings. The van der Waals surface area contributed by atoms with E-state index in [0.717, 1.165) is 12.0 Å². The van der Waals surface area contributed by atoms with Crippen LogP contribution in [0.15, 0.2) is 42.6 Å². The lowest BCUT2D eigenvalue weighted by Crippen LogP contribution is -2.28. The first-order valence-electron chi connectivity index (χ1n) is 6.59. The van der Waals surface area contributed by atoms with E-state index in [1.54, 1.807) is 18.3 Å². The van der Waals surface area contributed by atoms with Gasteiger partial charge in [-0.25, -0.2) is 4.98 Å². The second-order valence-electron chi connectivity index (χ2n) is 4.69. The van der Waals surface area contributed by atoms with E-state index < -0.39 is 0 Å². The molecule has 104 valence electrons. The molecule has 0 saturated heterocycles. The molecule has 1 aromatic heterocycles. The quantitative estimate of drug-likeness (QED) is 0.866. The molecule has 0 saturated carbocycles. The van der Waals surface area contributed by atoms with Crippen molar-refractivity contribution in [2.24, 2.45) is 0 Å². The standard InChI is InChI=1S/C16H17ClN2O/c1-3-14(12-8-6-11(2)7-9-12)19-16(20)13-5-4-10-18-15(13)17/h4-10,14H,3H2,1-2H3,(H,19,20). The molecule has 3 nitrogen and oxygen atoms in total. The lowest BCUT2D eigenvalue weighted by atomic mass is 10.0. The number of benzene rings is 1. The van der Waals surface area contributed by atoms with E-state index >= 15 is 0 Å². The van der Waals surface area contributed by atoms with Crippen molar-refractivity contribution < 1.29 is 4.79 Å². The van der Waals surface area contributed by atoms with Gasteiger partial charge in [0.1, 0.15) is 5.15 Å². The fraction of sp³-hybridized carbons (Fsp3) is 0.250. The lowest BCUT2D eigenvalue weighted by molar-refractivity contribution is 0.0935. The number of halogens is 1. The summed E-state index contributed by atoms with van der Waals surface area (Å²) < 4.78 is 0. The van der Waals surface area contributed by atoms with Crippen LogP contribution in [0.3, 0.4) is 0 Å². The van der Waals surface area contributed by atoms with Crippen molar-refractivity contribution in [2.75, 3.05) is 0 Å². The molecule has 1 heterocycles. The molecule has 4 heteroatoms. The molecular weight excluding hydrogens is 272 g/mol. The maximum absolute atomic E-state index is 12.2. The summed E-state index contributed by atoms with van der Waals surface area (Å²) in [5.74, 6) is -0.199. The lowest BCUT2D eigenvalue weighted by Gasteiger charge is -2.18. The van der Waals surface area contributed by atoms with Crippen LogP contribution in [-0.4, -0.2) is 10.9 Å². The number of pyridine rings is 1. The average molecular weight is 289 g/mol. The van der Waals surface area contributed by atoms with Crippen molar-refractivity contribution in [3.63, 3.8) is 0 Å². The molecule has 1 aromatic carbocycles. The van der Waals surface area contributed by atoms with Gasteiger partial charge in [0.25, 0.3) is 5.91 Å². The Morgan fingerprint density at radius 2 is 2.00 bits per heavy atom. The van der Waals surface area contributed by atoms with E-state index in [9.17, 15) is 4.79 Å². The second-order valence-corrected chi connectivity index (χ2v) is 5.04. The van der Waals surface area contributed by atoms with Crippen LogP contribution in [-0.2, 0) is 0 Å². The number of aromatic nitrogens is 1. The Hall–Kier alpha value is -1.87. The Morgan fingerprint density at radius 1 is 1.30 bits per heavy atom. The fourth-order valence-electron chi connectivity index (χ4n) is 2.01. The maximum atomic E-state index is 12.2. The third-order valence-corrected chi connectivity index (χ3v) is 3.50. The molecule has 0 spiro atoms. The number of nitrogens with zero attached hydrogens (tertiary/aromatic N) is 1. The van der Waals surface area contributed by atoms with E-state index in [-0.39, 0.29) is 17.1 Å². The highest BCUT2D eigenvalue weighted by atomic mass is 35.5. The third kappa shape index (κ3) is 3.36. The summed E-state index contributed by atoms with van der Waals surface area (Å²) in [6.07, 6.45) is 2.38. The summed E-state index contributed by atoms with van der Waals surface area (Å²) >= 11 is 5.94. The molecule has 0 aliphatic rings. The van der Waals surface area contributed by atoms with Gasteiger partial charge in [0, 0.05) is 6.20 Å². The van der Waals surface area contributed by atoms with Gasteiger partial charge in [0.2, 0.25) is 0 Å². The summed E-state index contributed by atoms with van der Waals surface area (Å²) in [4.78, 5) is 16.2. The van der Waals surface area contributed by atoms with Crippen LogP contribution in [0.2, 0.25) is 5.15 Å². The number of carbonyl (C=O) groups is 1. The topological polar surface area (TPSA) is 42.0 Å². The highest BCUT2D eigenvalue weighted by molar-refractivity contribution is 6.32. The number of aryl methyl sites for hydroxylation is 1. The van der Waals surface area contributed by atoms with Crippen LogP contribution >= 0.6 is 11.6 Å². The zero-order valence-electron chi connectivity index (χ0n) is 11.6. The van der Waals surface area contributed by atoms with E-state index in [4.69, 9.17) is 11.6 Å². The number of hydrogen-bond donors (Lipinski definition) is 1. The second kappa shape index (κ2) is 6.53. The largest absolute Gasteiger partial charge is 0.345 e. The molecule has 20 heavy (non-hydrogen) atoms. The summed E-state index contributed by atoms with van der Waals surface area (Å²) in [5.41, 5.74) is 2.69. The molecule has 1 N–H and O–H groups in total. The Labute approximate surface area is 124 Å². The van der Waals surface area contributed by atoms with Crippen LogP contribution in [0, 0.1) is 6.92 Å². The first-order valence-corrected chi connectivity index (χ1v) is 6.97. The third-order valence-electron chi connectivity index (χ3n) is 3.20. The molecule has 0 radical (unpaired) electrons. The van der Waals surface area contributed by atoms with Gasteiger partial charge in [-0.1, -0.05) is 48.4 Å². The molecule has 0 bridgehead atoms. The highest BCUT2D eigenvalue weighted by Gasteiger charge is 2.16. The molecular formula is C16H17ClN2O. The van der Waals surface area contributed by atoms with Gasteiger partial charge < -0.3 is 5.32 Å². The molecule has 0 aliphatic carbocycles. The smallest absolute Gasteiger partial charge is 0.254 e. The Balaban J connectivity index is 2.16. The minimum atomic E-state index is -0.199. The maximum Gasteiger partial charge on any atom is 0.254 e. The van der Waals surface area contributed by atoms with Crippen molar-refractivity contribution in [1.82, 2.24) is 10.3 Å².